The number of thiazole rings is 1. The number of nitrogens with zero attached hydrogens (tertiary/aromatic N) is 6. The summed E-state index contributed by atoms with van der Waals surface area (Å²) in [5, 5.41) is 9.08. The first-order chi connectivity index (χ1) is 13.0. The number of aryl methyl sites for hydroxylation is 2. The lowest BCUT2D eigenvalue weighted by Gasteiger charge is -2.36. The van der Waals surface area contributed by atoms with Gasteiger partial charge >= 0.3 is 0 Å². The van der Waals surface area contributed by atoms with Gasteiger partial charge in [0, 0.05) is 43.6 Å². The van der Waals surface area contributed by atoms with Crippen molar-refractivity contribution in [1.29, 1.82) is 0 Å². The number of carbonyl (C=O) groups excluding carboxylic acids is 1. The fourth-order valence-electron chi connectivity index (χ4n) is 3.65. The number of hydrogen-bond acceptors (Lipinski definition) is 7. The van der Waals surface area contributed by atoms with Gasteiger partial charge in [-0.15, -0.1) is 16.4 Å². The Kier molecular flexibility index (Phi) is 5.10. The Morgan fingerprint density at radius 3 is 2.56 bits per heavy atom. The molecule has 0 unspecified atom stereocenters. The monoisotopic (exact) mass is 386 g/mol. The highest BCUT2D eigenvalue weighted by molar-refractivity contribution is 7.14. The third-order valence-corrected chi connectivity index (χ3v) is 6.39. The van der Waals surface area contributed by atoms with Crippen molar-refractivity contribution < 1.29 is 4.79 Å². The van der Waals surface area contributed by atoms with E-state index in [4.69, 9.17) is 4.98 Å². The molecule has 0 bridgehead atoms. The molecular formula is C19H26N6OS. The number of rotatable bonds is 3. The Labute approximate surface area is 164 Å². The van der Waals surface area contributed by atoms with E-state index in [9.17, 15) is 4.79 Å². The standard InChI is InChI=1S/C19H26N6OS/c1-13(2)23-9-11-24(12-10-23)19(26)18-20-17-15(27-18)5-4-8-25(17)16-7-6-14(3)21-22-16/h6-7,13H,4-5,8-12H2,1-3H3. The number of amides is 1. The number of hydrogen-bond donors (Lipinski definition) is 0. The van der Waals surface area contributed by atoms with Crippen LogP contribution in [-0.2, 0) is 6.42 Å². The smallest absolute Gasteiger partial charge is 0.283 e. The highest BCUT2D eigenvalue weighted by Crippen LogP contribution is 2.36. The summed E-state index contributed by atoms with van der Waals surface area (Å²) in [5.41, 5.74) is 0.894. The summed E-state index contributed by atoms with van der Waals surface area (Å²) in [6.45, 7) is 10.6. The summed E-state index contributed by atoms with van der Waals surface area (Å²) in [5.74, 6) is 1.75. The minimum Gasteiger partial charge on any atom is -0.334 e. The molecule has 0 atom stereocenters. The number of carbonyl (C=O) groups is 1. The quantitative estimate of drug-likeness (QED) is 0.808. The predicted octanol–water partition coefficient (Wildman–Crippen LogP) is 2.49. The van der Waals surface area contributed by atoms with E-state index < -0.39 is 0 Å². The van der Waals surface area contributed by atoms with Crippen LogP contribution >= 0.6 is 11.3 Å². The molecule has 1 fully saturated rings. The van der Waals surface area contributed by atoms with E-state index in [1.54, 1.807) is 0 Å². The molecule has 8 heteroatoms. The highest BCUT2D eigenvalue weighted by Gasteiger charge is 2.29. The van der Waals surface area contributed by atoms with E-state index in [1.165, 1.54) is 16.2 Å². The van der Waals surface area contributed by atoms with Crippen molar-refractivity contribution in [2.75, 3.05) is 37.6 Å². The first-order valence-electron chi connectivity index (χ1n) is 9.64. The third kappa shape index (κ3) is 3.68. The van der Waals surface area contributed by atoms with Crippen molar-refractivity contribution in [3.05, 3.63) is 27.7 Å². The molecule has 2 aromatic heterocycles. The van der Waals surface area contributed by atoms with Crippen molar-refractivity contribution in [3.8, 4) is 0 Å². The first kappa shape index (κ1) is 18.3. The van der Waals surface area contributed by atoms with E-state index in [0.717, 1.165) is 62.9 Å². The molecule has 0 aliphatic carbocycles. The van der Waals surface area contributed by atoms with E-state index in [2.05, 4.69) is 33.8 Å². The molecule has 2 aliphatic heterocycles. The minimum absolute atomic E-state index is 0.0627. The molecule has 4 rings (SSSR count). The highest BCUT2D eigenvalue weighted by atomic mass is 32.1. The predicted molar refractivity (Wildman–Crippen MR) is 107 cm³/mol. The van der Waals surface area contributed by atoms with Gasteiger partial charge < -0.3 is 9.80 Å². The maximum absolute atomic E-state index is 13.0. The Bertz CT molecular complexity index is 810. The zero-order valence-electron chi connectivity index (χ0n) is 16.2. The molecule has 0 spiro atoms. The van der Waals surface area contributed by atoms with Crippen molar-refractivity contribution in [2.45, 2.75) is 39.7 Å². The second-order valence-electron chi connectivity index (χ2n) is 7.48. The van der Waals surface area contributed by atoms with Gasteiger partial charge in [-0.3, -0.25) is 9.69 Å². The Balaban J connectivity index is 1.53. The van der Waals surface area contributed by atoms with E-state index in [0.29, 0.717) is 11.0 Å². The van der Waals surface area contributed by atoms with Gasteiger partial charge in [0.15, 0.2) is 10.8 Å². The summed E-state index contributed by atoms with van der Waals surface area (Å²) >= 11 is 1.54. The van der Waals surface area contributed by atoms with Crippen LogP contribution < -0.4 is 4.90 Å². The fraction of sp³-hybridized carbons (Fsp3) is 0.579. The van der Waals surface area contributed by atoms with Crippen molar-refractivity contribution in [2.24, 2.45) is 0 Å². The molecule has 2 aliphatic rings. The van der Waals surface area contributed by atoms with Crippen LogP contribution in [0.2, 0.25) is 0 Å². The number of anilines is 2. The molecule has 2 aromatic rings. The summed E-state index contributed by atoms with van der Waals surface area (Å²) in [6, 6.07) is 4.46. The number of piperazine rings is 1. The largest absolute Gasteiger partial charge is 0.334 e. The van der Waals surface area contributed by atoms with Crippen LogP contribution in [0.5, 0.6) is 0 Å². The van der Waals surface area contributed by atoms with Gasteiger partial charge in [0.1, 0.15) is 5.82 Å². The molecule has 27 heavy (non-hydrogen) atoms. The molecule has 7 nitrogen and oxygen atoms in total. The van der Waals surface area contributed by atoms with Gasteiger partial charge in [-0.2, -0.15) is 5.10 Å². The fourth-order valence-corrected chi connectivity index (χ4v) is 4.72. The Morgan fingerprint density at radius 1 is 1.11 bits per heavy atom. The molecule has 0 radical (unpaired) electrons. The summed E-state index contributed by atoms with van der Waals surface area (Å²) in [6.07, 6.45) is 2.00. The van der Waals surface area contributed by atoms with Crippen LogP contribution in [0.15, 0.2) is 12.1 Å². The van der Waals surface area contributed by atoms with Gasteiger partial charge in [-0.25, -0.2) is 4.98 Å². The number of aromatic nitrogens is 3. The second-order valence-corrected chi connectivity index (χ2v) is 8.56. The number of fused-ring (bicyclic) bond motifs is 1. The second kappa shape index (κ2) is 7.52. The Morgan fingerprint density at radius 2 is 1.89 bits per heavy atom. The van der Waals surface area contributed by atoms with Crippen LogP contribution in [0, 0.1) is 6.92 Å². The zero-order valence-corrected chi connectivity index (χ0v) is 17.0. The maximum Gasteiger partial charge on any atom is 0.283 e. The molecule has 0 aromatic carbocycles. The lowest BCUT2D eigenvalue weighted by atomic mass is 10.2. The van der Waals surface area contributed by atoms with Crippen LogP contribution in [0.25, 0.3) is 0 Å². The SMILES string of the molecule is Cc1ccc(N2CCCc3sc(C(=O)N4CCN(C(C)C)CC4)nc32)nn1. The molecule has 4 heterocycles. The third-order valence-electron chi connectivity index (χ3n) is 5.29. The van der Waals surface area contributed by atoms with Crippen LogP contribution in [0.3, 0.4) is 0 Å². The molecule has 144 valence electrons. The average molecular weight is 387 g/mol. The first-order valence-corrected chi connectivity index (χ1v) is 10.5. The molecule has 1 amide bonds. The maximum atomic E-state index is 13.0. The lowest BCUT2D eigenvalue weighted by molar-refractivity contribution is 0.0595. The van der Waals surface area contributed by atoms with Crippen LogP contribution in [0.1, 0.15) is 40.6 Å². The van der Waals surface area contributed by atoms with E-state index in [-0.39, 0.29) is 5.91 Å². The average Bonchev–Trinajstić information content (AvgIpc) is 3.12. The van der Waals surface area contributed by atoms with Gasteiger partial charge in [-0.1, -0.05) is 0 Å². The van der Waals surface area contributed by atoms with Crippen LogP contribution in [-0.4, -0.2) is 69.7 Å². The molecule has 0 saturated carbocycles. The molecule has 0 N–H and O–H groups in total. The van der Waals surface area contributed by atoms with Gasteiger partial charge in [0.05, 0.1) is 5.69 Å². The summed E-state index contributed by atoms with van der Waals surface area (Å²) in [4.78, 5) is 25.3. The molecule has 1 saturated heterocycles. The Hall–Kier alpha value is -2.06. The van der Waals surface area contributed by atoms with E-state index in [1.807, 2.05) is 24.0 Å². The van der Waals surface area contributed by atoms with Gasteiger partial charge in [0.2, 0.25) is 0 Å². The normalized spacial score (nSPS) is 18.1. The summed E-state index contributed by atoms with van der Waals surface area (Å²) < 4.78 is 0. The molecular weight excluding hydrogens is 360 g/mol. The zero-order chi connectivity index (χ0) is 19.0. The van der Waals surface area contributed by atoms with Crippen molar-refractivity contribution in [1.82, 2.24) is 25.0 Å². The summed E-state index contributed by atoms with van der Waals surface area (Å²) in [7, 11) is 0. The lowest BCUT2D eigenvalue weighted by Crippen LogP contribution is -2.50. The topological polar surface area (TPSA) is 65.5 Å². The van der Waals surface area contributed by atoms with Crippen molar-refractivity contribution in [3.63, 3.8) is 0 Å². The van der Waals surface area contributed by atoms with E-state index >= 15 is 0 Å². The van der Waals surface area contributed by atoms with Crippen LogP contribution in [0.4, 0.5) is 11.6 Å². The minimum atomic E-state index is 0.0627. The van der Waals surface area contributed by atoms with Gasteiger partial charge in [0.25, 0.3) is 5.91 Å². The van der Waals surface area contributed by atoms with Gasteiger partial charge in [-0.05, 0) is 45.7 Å². The van der Waals surface area contributed by atoms with Crippen molar-refractivity contribution >= 4 is 28.9 Å².